The fraction of sp³-hybridized carbons (Fsp3) is 0. The molecule has 4 N–H and O–H groups in total. The largest absolute Gasteiger partial charge is 1.00 e. The van der Waals surface area contributed by atoms with Crippen LogP contribution >= 0.6 is 0 Å². The molecule has 0 spiro atoms. The smallest absolute Gasteiger partial charge is 0.832 e. The minimum Gasteiger partial charge on any atom is -0.832 e. The van der Waals surface area contributed by atoms with Crippen LogP contribution in [0.25, 0.3) is 0 Å². The van der Waals surface area contributed by atoms with Gasteiger partial charge in [-0.25, -0.2) is 0 Å². The summed E-state index contributed by atoms with van der Waals surface area (Å²) in [4.78, 5) is 0. The number of para-hydroxylation sites is 1. The summed E-state index contributed by atoms with van der Waals surface area (Å²) in [7, 11) is -4.15. The van der Waals surface area contributed by atoms with E-state index in [-0.39, 0.29) is 70.2 Å². The predicted octanol–water partition coefficient (Wildman–Crippen LogP) is -7.15. The van der Waals surface area contributed by atoms with Crippen LogP contribution in [-0.2, 0) is 0 Å². The molecule has 0 aliphatic carbocycles. The molecule has 0 aliphatic rings. The van der Waals surface area contributed by atoms with E-state index in [1.54, 1.807) is 24.3 Å². The minimum atomic E-state index is -2.42. The van der Waals surface area contributed by atoms with Crippen LogP contribution in [0.2, 0.25) is 0 Å². The molecule has 2 aromatic carbocycles. The van der Waals surface area contributed by atoms with Crippen molar-refractivity contribution in [2.24, 2.45) is 0 Å². The van der Waals surface area contributed by atoms with Crippen molar-refractivity contribution in [3.8, 4) is 5.75 Å². The summed E-state index contributed by atoms with van der Waals surface area (Å²) in [5, 5.41) is 39.4. The summed E-state index contributed by atoms with van der Waals surface area (Å²) in [5.41, 5.74) is 0. The average Bonchev–Trinajstić information content (AvgIpc) is 2.41. The Kier molecular flexibility index (Phi) is 24.1. The molecule has 2 rings (SSSR count). The molecule has 106 valence electrons. The van der Waals surface area contributed by atoms with Crippen molar-refractivity contribution in [3.05, 3.63) is 66.7 Å². The van der Waals surface area contributed by atoms with E-state index in [1.165, 1.54) is 0 Å². The molecule has 0 atom stereocenters. The molecule has 6 nitrogen and oxygen atoms in total. The van der Waals surface area contributed by atoms with Gasteiger partial charge in [0.05, 0.1) is 0 Å². The monoisotopic (exact) mass is 322 g/mol. The van der Waals surface area contributed by atoms with Crippen LogP contribution in [0.3, 0.4) is 0 Å². The molecule has 10 heteroatoms. The number of hydrogen-bond donors (Lipinski definition) is 4. The normalized spacial score (nSPS) is 7.50. The summed E-state index contributed by atoms with van der Waals surface area (Å²) in [6.07, 6.45) is 0. The Balaban J connectivity index is -0.000000261. The molecular weight excluding hydrogens is 308 g/mol. The van der Waals surface area contributed by atoms with E-state index in [9.17, 15) is 0 Å². The number of benzene rings is 2. The van der Waals surface area contributed by atoms with Crippen LogP contribution in [0.4, 0.5) is 0 Å². The van der Waals surface area contributed by atoms with Crippen LogP contribution in [0.15, 0.2) is 60.7 Å². The van der Waals surface area contributed by atoms with Gasteiger partial charge in [-0.2, -0.15) is 36.4 Å². The Morgan fingerprint density at radius 2 is 1.27 bits per heavy atom. The van der Waals surface area contributed by atoms with Crippen LogP contribution in [0.1, 0.15) is 0 Å². The third-order valence-electron chi connectivity index (χ3n) is 1.59. The van der Waals surface area contributed by atoms with Gasteiger partial charge in [0, 0.05) is 0 Å². The van der Waals surface area contributed by atoms with E-state index in [2.05, 4.69) is 10.7 Å². The molecule has 0 heterocycles. The molecule has 22 heavy (non-hydrogen) atoms. The summed E-state index contributed by atoms with van der Waals surface area (Å²) < 4.78 is 4.53. The van der Waals surface area contributed by atoms with Crippen molar-refractivity contribution in [1.82, 2.24) is 0 Å². The van der Waals surface area contributed by atoms with Gasteiger partial charge in [-0.05, 0) is 12.1 Å². The number of hydrogen-bond acceptors (Lipinski definition) is 6. The van der Waals surface area contributed by atoms with Gasteiger partial charge in [-0.1, -0.05) is 18.2 Å². The summed E-state index contributed by atoms with van der Waals surface area (Å²) in [6.45, 7) is 0. The zero-order valence-corrected chi connectivity index (χ0v) is 15.7. The number of rotatable bonds is 2. The van der Waals surface area contributed by atoms with Crippen molar-refractivity contribution in [2.45, 2.75) is 0 Å². The molecule has 2 aromatic rings. The maximum absolute atomic E-state index is 8.64. The van der Waals surface area contributed by atoms with Gasteiger partial charge in [-0.3, -0.25) is 0 Å². The topological polar surface area (TPSA) is 113 Å². The minimum absolute atomic E-state index is 0. The molecule has 0 aromatic heterocycles. The zero-order valence-electron chi connectivity index (χ0n) is 12.5. The second kappa shape index (κ2) is 19.5. The van der Waals surface area contributed by atoms with Gasteiger partial charge in [0.1, 0.15) is 5.75 Å². The van der Waals surface area contributed by atoms with Crippen LogP contribution in [-0.4, -0.2) is 34.7 Å². The summed E-state index contributed by atoms with van der Waals surface area (Å²) >= 11 is 0. The molecular formula is C12H14B2KLiO6. The second-order valence-corrected chi connectivity index (χ2v) is 3.16. The third kappa shape index (κ3) is 22.7. The molecule has 0 aliphatic heterocycles. The van der Waals surface area contributed by atoms with Crippen LogP contribution in [0.5, 0.6) is 5.75 Å². The van der Waals surface area contributed by atoms with Crippen LogP contribution in [0, 0.1) is 6.07 Å². The van der Waals surface area contributed by atoms with Crippen molar-refractivity contribution < 1.29 is 100 Å². The van der Waals surface area contributed by atoms with E-state index in [4.69, 9.17) is 25.1 Å². The molecule has 0 fully saturated rings. The molecule has 0 saturated heterocycles. The summed E-state index contributed by atoms with van der Waals surface area (Å²) in [5.74, 6) is 0.442. The Labute approximate surface area is 185 Å². The molecule has 0 saturated carbocycles. The van der Waals surface area contributed by atoms with Crippen molar-refractivity contribution in [3.63, 3.8) is 0 Å². The molecule has 0 amide bonds. The van der Waals surface area contributed by atoms with Gasteiger partial charge in [0.25, 0.3) is 0 Å². The van der Waals surface area contributed by atoms with Gasteiger partial charge in [0.15, 0.2) is 0 Å². The molecule has 0 unspecified atom stereocenters. The van der Waals surface area contributed by atoms with Gasteiger partial charge in [0.2, 0.25) is 0 Å². The first-order valence-corrected chi connectivity index (χ1v) is 5.53. The maximum Gasteiger partial charge on any atom is 1.00 e. The van der Waals surface area contributed by atoms with Crippen molar-refractivity contribution in [2.75, 3.05) is 0 Å². The van der Waals surface area contributed by atoms with E-state index in [0.29, 0.717) is 5.75 Å². The fourth-order valence-corrected chi connectivity index (χ4v) is 0.963. The quantitative estimate of drug-likeness (QED) is 0.323. The first kappa shape index (κ1) is 27.3. The fourth-order valence-electron chi connectivity index (χ4n) is 0.963. The Morgan fingerprint density at radius 3 is 1.55 bits per heavy atom. The Hall–Kier alpha value is 0.404. The SMILES string of the molecule is OB(O)Oc1ccccc1.[K+].[Li+].[O-]B(O)O.[c-]1ccccc1. The van der Waals surface area contributed by atoms with E-state index >= 15 is 0 Å². The van der Waals surface area contributed by atoms with Gasteiger partial charge in [-0.15, -0.1) is 0 Å². The third-order valence-corrected chi connectivity index (χ3v) is 1.59. The summed E-state index contributed by atoms with van der Waals surface area (Å²) in [6, 6.07) is 21.1. The van der Waals surface area contributed by atoms with E-state index < -0.39 is 14.6 Å². The van der Waals surface area contributed by atoms with Gasteiger partial charge < -0.3 is 29.8 Å². The second-order valence-electron chi connectivity index (χ2n) is 3.16. The molecule has 0 radical (unpaired) electrons. The zero-order chi connectivity index (χ0) is 15.2. The first-order chi connectivity index (χ1) is 9.52. The predicted molar refractivity (Wildman–Crippen MR) is 72.7 cm³/mol. The van der Waals surface area contributed by atoms with Crippen LogP contribution < -0.4 is 79.9 Å². The van der Waals surface area contributed by atoms with E-state index in [0.717, 1.165) is 0 Å². The van der Waals surface area contributed by atoms with Crippen molar-refractivity contribution >= 4 is 14.6 Å². The average molecular weight is 322 g/mol. The Morgan fingerprint density at radius 1 is 0.864 bits per heavy atom. The van der Waals surface area contributed by atoms with E-state index in [1.807, 2.05) is 36.4 Å². The van der Waals surface area contributed by atoms with Crippen molar-refractivity contribution in [1.29, 1.82) is 0 Å². The van der Waals surface area contributed by atoms with Gasteiger partial charge >= 0.3 is 84.9 Å². The molecule has 0 bridgehead atoms. The maximum atomic E-state index is 8.64. The standard InChI is InChI=1S/C6H7BO3.C6H5.BH2O3.K.Li/c8-7(9)10-6-4-2-1-3-5-6;1-2-4-6-5-3-1;2-1(3)4;;/h1-5,8-9H;1-5H;2-3H;;/q;2*-1;2*+1. The first-order valence-electron chi connectivity index (χ1n) is 5.53. The Bertz CT molecular complexity index is 395.